The van der Waals surface area contributed by atoms with Crippen LogP contribution in [0.5, 0.6) is 0 Å². The minimum Gasteiger partial charge on any atom is -0.459 e. The molecule has 1 amide bonds. The van der Waals surface area contributed by atoms with Gasteiger partial charge < -0.3 is 9.32 Å². The van der Waals surface area contributed by atoms with E-state index in [1.807, 2.05) is 71.5 Å². The average molecular weight is 357 g/mol. The summed E-state index contributed by atoms with van der Waals surface area (Å²) in [6.07, 6.45) is 3.48. The van der Waals surface area contributed by atoms with Gasteiger partial charge in [0.1, 0.15) is 0 Å². The Morgan fingerprint density at radius 2 is 1.70 bits per heavy atom. The Kier molecular flexibility index (Phi) is 4.58. The molecule has 0 spiro atoms. The average Bonchev–Trinajstić information content (AvgIpc) is 3.39. The molecule has 5 nitrogen and oxygen atoms in total. The smallest absolute Gasteiger partial charge is 0.289 e. The summed E-state index contributed by atoms with van der Waals surface area (Å²) in [4.78, 5) is 14.2. The molecule has 2 aromatic carbocycles. The molecule has 2 heterocycles. The lowest BCUT2D eigenvalue weighted by atomic mass is 10.1. The highest BCUT2D eigenvalue weighted by atomic mass is 16.3. The summed E-state index contributed by atoms with van der Waals surface area (Å²) in [5.74, 6) is 0.167. The van der Waals surface area contributed by atoms with Crippen molar-refractivity contribution in [3.8, 4) is 16.9 Å². The molecule has 0 saturated heterocycles. The first-order valence-electron chi connectivity index (χ1n) is 8.71. The summed E-state index contributed by atoms with van der Waals surface area (Å²) < 4.78 is 7.08. The van der Waals surface area contributed by atoms with Crippen molar-refractivity contribution in [2.24, 2.45) is 0 Å². The number of hydrogen-bond donors (Lipinski definition) is 0. The van der Waals surface area contributed by atoms with Crippen LogP contribution in [0.2, 0.25) is 0 Å². The van der Waals surface area contributed by atoms with Gasteiger partial charge in [0.15, 0.2) is 5.76 Å². The van der Waals surface area contributed by atoms with Gasteiger partial charge in [0.25, 0.3) is 5.91 Å². The summed E-state index contributed by atoms with van der Waals surface area (Å²) in [6, 6.07) is 23.3. The second kappa shape index (κ2) is 7.33. The molecule has 134 valence electrons. The highest BCUT2D eigenvalue weighted by Crippen LogP contribution is 2.25. The molecule has 2 aromatic heterocycles. The van der Waals surface area contributed by atoms with Gasteiger partial charge in [-0.25, -0.2) is 4.68 Å². The minimum atomic E-state index is -0.161. The van der Waals surface area contributed by atoms with Crippen molar-refractivity contribution in [3.63, 3.8) is 0 Å². The van der Waals surface area contributed by atoms with Crippen LogP contribution in [0.15, 0.2) is 89.7 Å². The zero-order valence-electron chi connectivity index (χ0n) is 14.9. The van der Waals surface area contributed by atoms with Crippen molar-refractivity contribution in [2.75, 3.05) is 7.05 Å². The predicted molar refractivity (Wildman–Crippen MR) is 104 cm³/mol. The third-order valence-electron chi connectivity index (χ3n) is 4.34. The topological polar surface area (TPSA) is 51.3 Å². The molecule has 5 heteroatoms. The predicted octanol–water partition coefficient (Wildman–Crippen LogP) is 4.40. The van der Waals surface area contributed by atoms with E-state index in [0.717, 1.165) is 22.5 Å². The first-order chi connectivity index (χ1) is 13.2. The van der Waals surface area contributed by atoms with E-state index in [1.54, 1.807) is 24.1 Å². The fourth-order valence-electron chi connectivity index (χ4n) is 2.99. The van der Waals surface area contributed by atoms with Gasteiger partial charge in [0.05, 0.1) is 17.6 Å². The molecule has 0 bridgehead atoms. The van der Waals surface area contributed by atoms with Crippen molar-refractivity contribution < 1.29 is 9.21 Å². The van der Waals surface area contributed by atoms with Crippen LogP contribution in [-0.2, 0) is 6.54 Å². The van der Waals surface area contributed by atoms with Crippen LogP contribution < -0.4 is 0 Å². The lowest BCUT2D eigenvalue weighted by Gasteiger charge is -2.15. The lowest BCUT2D eigenvalue weighted by Crippen LogP contribution is -2.25. The maximum Gasteiger partial charge on any atom is 0.289 e. The monoisotopic (exact) mass is 357 g/mol. The Balaban J connectivity index is 1.70. The number of rotatable bonds is 5. The third kappa shape index (κ3) is 3.53. The number of hydrogen-bond acceptors (Lipinski definition) is 3. The molecular formula is C22H19N3O2. The zero-order chi connectivity index (χ0) is 18.6. The van der Waals surface area contributed by atoms with Crippen molar-refractivity contribution in [1.29, 1.82) is 0 Å². The summed E-state index contributed by atoms with van der Waals surface area (Å²) in [6.45, 7) is 0.427. The standard InChI is InChI=1S/C22H19N3O2/c1-24(22(26)20-13-8-14-27-20)15-18-16-25(19-11-6-3-7-12-19)23-21(18)17-9-4-2-5-10-17/h2-14,16H,15H2,1H3. The van der Waals surface area contributed by atoms with E-state index in [1.165, 1.54) is 6.26 Å². The fraction of sp³-hybridized carbons (Fsp3) is 0.0909. The van der Waals surface area contributed by atoms with Crippen LogP contribution in [0.4, 0.5) is 0 Å². The molecule has 4 rings (SSSR count). The zero-order valence-corrected chi connectivity index (χ0v) is 14.9. The van der Waals surface area contributed by atoms with Crippen LogP contribution in [0.1, 0.15) is 16.1 Å². The summed E-state index contributed by atoms with van der Waals surface area (Å²) in [7, 11) is 1.76. The lowest BCUT2D eigenvalue weighted by molar-refractivity contribution is 0.0753. The number of carbonyl (C=O) groups excluding carboxylic acids is 1. The van der Waals surface area contributed by atoms with Gasteiger partial charge in [0, 0.05) is 30.9 Å². The van der Waals surface area contributed by atoms with E-state index in [-0.39, 0.29) is 5.91 Å². The maximum absolute atomic E-state index is 12.5. The third-order valence-corrected chi connectivity index (χ3v) is 4.34. The van der Waals surface area contributed by atoms with Gasteiger partial charge in [-0.15, -0.1) is 0 Å². The molecule has 0 N–H and O–H groups in total. The normalized spacial score (nSPS) is 10.7. The van der Waals surface area contributed by atoms with E-state index in [4.69, 9.17) is 9.52 Å². The highest BCUT2D eigenvalue weighted by molar-refractivity contribution is 5.91. The van der Waals surface area contributed by atoms with Crippen molar-refractivity contribution >= 4 is 5.91 Å². The number of benzene rings is 2. The number of aromatic nitrogens is 2. The molecule has 27 heavy (non-hydrogen) atoms. The minimum absolute atomic E-state index is 0.161. The number of amides is 1. The maximum atomic E-state index is 12.5. The van der Waals surface area contributed by atoms with Crippen LogP contribution in [0.3, 0.4) is 0 Å². The van der Waals surface area contributed by atoms with Crippen molar-refractivity contribution in [2.45, 2.75) is 6.54 Å². The van der Waals surface area contributed by atoms with Gasteiger partial charge >= 0.3 is 0 Å². The molecule has 0 unspecified atom stereocenters. The highest BCUT2D eigenvalue weighted by Gasteiger charge is 2.19. The van der Waals surface area contributed by atoms with E-state index in [2.05, 4.69) is 0 Å². The molecule has 0 fully saturated rings. The van der Waals surface area contributed by atoms with Gasteiger partial charge in [-0.1, -0.05) is 48.5 Å². The Labute approximate surface area is 157 Å². The molecule has 0 aliphatic heterocycles. The first-order valence-corrected chi connectivity index (χ1v) is 8.71. The van der Waals surface area contributed by atoms with Crippen molar-refractivity contribution in [3.05, 3.63) is 96.6 Å². The van der Waals surface area contributed by atoms with Gasteiger partial charge in [-0.05, 0) is 24.3 Å². The number of nitrogens with zero attached hydrogens (tertiary/aromatic N) is 3. The quantitative estimate of drug-likeness (QED) is 0.532. The van der Waals surface area contributed by atoms with Gasteiger partial charge in [-0.2, -0.15) is 5.10 Å². The molecular weight excluding hydrogens is 338 g/mol. The second-order valence-corrected chi connectivity index (χ2v) is 6.29. The Bertz CT molecular complexity index is 1020. The Morgan fingerprint density at radius 3 is 2.37 bits per heavy atom. The Hall–Kier alpha value is -3.60. The van der Waals surface area contributed by atoms with Gasteiger partial charge in [0.2, 0.25) is 0 Å². The molecule has 0 aliphatic carbocycles. The summed E-state index contributed by atoms with van der Waals surface area (Å²) in [5.41, 5.74) is 3.81. The fourth-order valence-corrected chi connectivity index (χ4v) is 2.99. The number of carbonyl (C=O) groups is 1. The van der Waals surface area contributed by atoms with Crippen LogP contribution in [0.25, 0.3) is 16.9 Å². The van der Waals surface area contributed by atoms with Crippen LogP contribution in [0, 0.1) is 0 Å². The molecule has 0 atom stereocenters. The van der Waals surface area contributed by atoms with E-state index < -0.39 is 0 Å². The molecule has 0 radical (unpaired) electrons. The molecule has 4 aromatic rings. The molecule has 0 saturated carbocycles. The largest absolute Gasteiger partial charge is 0.459 e. The van der Waals surface area contributed by atoms with E-state index in [9.17, 15) is 4.79 Å². The van der Waals surface area contributed by atoms with Crippen LogP contribution >= 0.6 is 0 Å². The van der Waals surface area contributed by atoms with E-state index >= 15 is 0 Å². The van der Waals surface area contributed by atoms with Crippen LogP contribution in [-0.4, -0.2) is 27.6 Å². The second-order valence-electron chi connectivity index (χ2n) is 6.29. The first kappa shape index (κ1) is 16.8. The Morgan fingerprint density at radius 1 is 1.00 bits per heavy atom. The number of furan rings is 1. The van der Waals surface area contributed by atoms with E-state index in [0.29, 0.717) is 12.3 Å². The molecule has 0 aliphatic rings. The van der Waals surface area contributed by atoms with Crippen molar-refractivity contribution in [1.82, 2.24) is 14.7 Å². The van der Waals surface area contributed by atoms with Gasteiger partial charge in [-0.3, -0.25) is 4.79 Å². The number of para-hydroxylation sites is 1. The summed E-state index contributed by atoms with van der Waals surface area (Å²) >= 11 is 0. The SMILES string of the molecule is CN(Cc1cn(-c2ccccc2)nc1-c1ccccc1)C(=O)c1ccco1. The summed E-state index contributed by atoms with van der Waals surface area (Å²) in [5, 5.41) is 4.78.